The van der Waals surface area contributed by atoms with Crippen molar-refractivity contribution in [3.05, 3.63) is 5.82 Å². The van der Waals surface area contributed by atoms with Crippen molar-refractivity contribution < 1.29 is 9.47 Å². The van der Waals surface area contributed by atoms with Gasteiger partial charge in [0.05, 0.1) is 14.2 Å². The van der Waals surface area contributed by atoms with E-state index in [1.165, 1.54) is 27.1 Å². The molecule has 0 spiro atoms. The summed E-state index contributed by atoms with van der Waals surface area (Å²) in [6, 6.07) is 0.531. The second-order valence-corrected chi connectivity index (χ2v) is 4.34. The van der Waals surface area contributed by atoms with Gasteiger partial charge >= 0.3 is 12.0 Å². The minimum absolute atomic E-state index is 0.0943. The molecule has 1 aliphatic rings. The number of methoxy groups -OCH3 is 2. The molecule has 1 unspecified atom stereocenters. The van der Waals surface area contributed by atoms with Crippen molar-refractivity contribution in [2.75, 3.05) is 14.2 Å². The largest absolute Gasteiger partial charge is 0.467 e. The zero-order valence-corrected chi connectivity index (χ0v) is 10.1. The number of ether oxygens (including phenoxy) is 2. The Labute approximate surface area is 99.2 Å². The van der Waals surface area contributed by atoms with Gasteiger partial charge in [-0.15, -0.1) is 16.6 Å². The molecule has 0 aromatic carbocycles. The van der Waals surface area contributed by atoms with Gasteiger partial charge in [-0.2, -0.15) is 9.97 Å². The number of hydrogen-bond acceptors (Lipinski definition) is 5. The van der Waals surface area contributed by atoms with Gasteiger partial charge in [-0.1, -0.05) is 0 Å². The highest BCUT2D eigenvalue weighted by Gasteiger charge is 2.30. The fourth-order valence-corrected chi connectivity index (χ4v) is 1.84. The normalized spacial score (nSPS) is 16.9. The molecule has 1 aromatic rings. The standard InChI is InChI=1S/C10H14ClN3O2/c1-15-9-12-8(13-10(14-9)16-2)5-7(11)6-3-4-6/h6-7H,3-5H2,1-2H3. The molecule has 1 aromatic heterocycles. The average Bonchev–Trinajstić information content (AvgIpc) is 3.12. The van der Waals surface area contributed by atoms with Crippen molar-refractivity contribution in [3.8, 4) is 12.0 Å². The molecule has 16 heavy (non-hydrogen) atoms. The smallest absolute Gasteiger partial charge is 0.322 e. The number of hydrogen-bond donors (Lipinski definition) is 0. The van der Waals surface area contributed by atoms with Gasteiger partial charge in [0.15, 0.2) is 0 Å². The lowest BCUT2D eigenvalue weighted by atomic mass is 10.2. The highest BCUT2D eigenvalue weighted by molar-refractivity contribution is 6.21. The first-order chi connectivity index (χ1) is 7.72. The Morgan fingerprint density at radius 3 is 2.19 bits per heavy atom. The van der Waals surface area contributed by atoms with E-state index in [0.717, 1.165) is 0 Å². The number of nitrogens with zero attached hydrogens (tertiary/aromatic N) is 3. The topological polar surface area (TPSA) is 57.1 Å². The van der Waals surface area contributed by atoms with Gasteiger partial charge in [-0.3, -0.25) is 0 Å². The molecule has 1 heterocycles. The quantitative estimate of drug-likeness (QED) is 0.733. The maximum atomic E-state index is 6.22. The van der Waals surface area contributed by atoms with E-state index in [1.54, 1.807) is 0 Å². The van der Waals surface area contributed by atoms with E-state index < -0.39 is 0 Å². The first kappa shape index (κ1) is 11.4. The molecular formula is C10H14ClN3O2. The summed E-state index contributed by atoms with van der Waals surface area (Å²) in [4.78, 5) is 12.2. The minimum atomic E-state index is 0.0943. The number of halogens is 1. The van der Waals surface area contributed by atoms with Crippen molar-refractivity contribution >= 4 is 11.6 Å². The molecule has 6 heteroatoms. The SMILES string of the molecule is COc1nc(CC(Cl)C2CC2)nc(OC)n1. The third kappa shape index (κ3) is 2.72. The van der Waals surface area contributed by atoms with E-state index in [2.05, 4.69) is 15.0 Å². The Morgan fingerprint density at radius 2 is 1.75 bits per heavy atom. The van der Waals surface area contributed by atoms with Crippen LogP contribution in [0.25, 0.3) is 0 Å². The maximum Gasteiger partial charge on any atom is 0.322 e. The van der Waals surface area contributed by atoms with Crippen molar-refractivity contribution in [2.24, 2.45) is 5.92 Å². The fraction of sp³-hybridized carbons (Fsp3) is 0.700. The van der Waals surface area contributed by atoms with Crippen molar-refractivity contribution in [3.63, 3.8) is 0 Å². The Balaban J connectivity index is 2.11. The van der Waals surface area contributed by atoms with Crippen LogP contribution < -0.4 is 9.47 Å². The van der Waals surface area contributed by atoms with Gasteiger partial charge in [-0.05, 0) is 18.8 Å². The molecule has 1 fully saturated rings. The zero-order valence-electron chi connectivity index (χ0n) is 9.31. The highest BCUT2D eigenvalue weighted by Crippen LogP contribution is 2.36. The summed E-state index contributed by atoms with van der Waals surface area (Å²) in [6.07, 6.45) is 3.03. The van der Waals surface area contributed by atoms with E-state index in [-0.39, 0.29) is 17.4 Å². The van der Waals surface area contributed by atoms with Gasteiger partial charge in [-0.25, -0.2) is 0 Å². The van der Waals surface area contributed by atoms with Crippen LogP contribution in [0.15, 0.2) is 0 Å². The molecule has 0 bridgehead atoms. The summed E-state index contributed by atoms with van der Waals surface area (Å²) in [5.41, 5.74) is 0. The summed E-state index contributed by atoms with van der Waals surface area (Å²) in [5.74, 6) is 1.23. The van der Waals surface area contributed by atoms with Gasteiger partial charge in [0.1, 0.15) is 5.82 Å². The van der Waals surface area contributed by atoms with E-state index in [1.807, 2.05) is 0 Å². The number of rotatable bonds is 5. The van der Waals surface area contributed by atoms with Crippen LogP contribution in [-0.4, -0.2) is 34.5 Å². The Bertz CT molecular complexity index is 349. The Morgan fingerprint density at radius 1 is 1.19 bits per heavy atom. The average molecular weight is 244 g/mol. The maximum absolute atomic E-state index is 6.22. The van der Waals surface area contributed by atoms with Gasteiger partial charge in [0, 0.05) is 11.8 Å². The molecule has 0 saturated heterocycles. The lowest BCUT2D eigenvalue weighted by Crippen LogP contribution is -2.11. The summed E-state index contributed by atoms with van der Waals surface area (Å²) in [7, 11) is 3.02. The predicted octanol–water partition coefficient (Wildman–Crippen LogP) is 1.45. The van der Waals surface area contributed by atoms with Gasteiger partial charge in [0.25, 0.3) is 0 Å². The minimum Gasteiger partial charge on any atom is -0.467 e. The van der Waals surface area contributed by atoms with Crippen molar-refractivity contribution in [2.45, 2.75) is 24.6 Å². The summed E-state index contributed by atoms with van der Waals surface area (Å²) >= 11 is 6.22. The van der Waals surface area contributed by atoms with Crippen LogP contribution in [0.3, 0.4) is 0 Å². The molecule has 1 saturated carbocycles. The molecule has 0 N–H and O–H groups in total. The van der Waals surface area contributed by atoms with Crippen LogP contribution >= 0.6 is 11.6 Å². The molecule has 5 nitrogen and oxygen atoms in total. The molecule has 0 radical (unpaired) electrons. The Hall–Kier alpha value is -1.10. The third-order valence-electron chi connectivity index (χ3n) is 2.52. The van der Waals surface area contributed by atoms with Crippen LogP contribution in [0.1, 0.15) is 18.7 Å². The number of aromatic nitrogens is 3. The molecule has 88 valence electrons. The predicted molar refractivity (Wildman–Crippen MR) is 59.0 cm³/mol. The lowest BCUT2D eigenvalue weighted by Gasteiger charge is -2.08. The summed E-state index contributed by atoms with van der Waals surface area (Å²) in [5, 5.41) is 0.0943. The number of alkyl halides is 1. The monoisotopic (exact) mass is 243 g/mol. The van der Waals surface area contributed by atoms with Crippen molar-refractivity contribution in [1.82, 2.24) is 15.0 Å². The summed E-state index contributed by atoms with van der Waals surface area (Å²) in [6.45, 7) is 0. The van der Waals surface area contributed by atoms with E-state index >= 15 is 0 Å². The van der Waals surface area contributed by atoms with Crippen molar-refractivity contribution in [1.29, 1.82) is 0 Å². The molecule has 0 amide bonds. The first-order valence-corrected chi connectivity index (χ1v) is 5.63. The first-order valence-electron chi connectivity index (χ1n) is 5.20. The molecular weight excluding hydrogens is 230 g/mol. The lowest BCUT2D eigenvalue weighted by molar-refractivity contribution is 0.336. The van der Waals surface area contributed by atoms with Gasteiger partial charge < -0.3 is 9.47 Å². The van der Waals surface area contributed by atoms with Crippen LogP contribution in [0.2, 0.25) is 0 Å². The third-order valence-corrected chi connectivity index (χ3v) is 3.03. The Kier molecular flexibility index (Phi) is 3.43. The molecule has 2 rings (SSSR count). The summed E-state index contributed by atoms with van der Waals surface area (Å²) < 4.78 is 9.94. The van der Waals surface area contributed by atoms with Gasteiger partial charge in [0.2, 0.25) is 0 Å². The second kappa shape index (κ2) is 4.82. The molecule has 1 atom stereocenters. The van der Waals surface area contributed by atoms with Crippen LogP contribution in [0.5, 0.6) is 12.0 Å². The van der Waals surface area contributed by atoms with E-state index in [0.29, 0.717) is 18.2 Å². The van der Waals surface area contributed by atoms with E-state index in [4.69, 9.17) is 21.1 Å². The highest BCUT2D eigenvalue weighted by atomic mass is 35.5. The van der Waals surface area contributed by atoms with Crippen LogP contribution in [0, 0.1) is 5.92 Å². The molecule has 0 aliphatic heterocycles. The fourth-order valence-electron chi connectivity index (χ4n) is 1.45. The van der Waals surface area contributed by atoms with E-state index in [9.17, 15) is 0 Å². The van der Waals surface area contributed by atoms with Crippen LogP contribution in [0.4, 0.5) is 0 Å². The second-order valence-electron chi connectivity index (χ2n) is 3.78. The molecule has 1 aliphatic carbocycles. The van der Waals surface area contributed by atoms with Crippen LogP contribution in [-0.2, 0) is 6.42 Å². The zero-order chi connectivity index (χ0) is 11.5.